The number of hydrogen-bond acceptors (Lipinski definition) is 4. The maximum absolute atomic E-state index is 12.1. The van der Waals surface area contributed by atoms with Crippen molar-refractivity contribution in [3.8, 4) is 11.5 Å². The van der Waals surface area contributed by atoms with Crippen molar-refractivity contribution in [3.05, 3.63) is 54.1 Å². The molecule has 5 heteroatoms. The minimum atomic E-state index is -0.148. The van der Waals surface area contributed by atoms with Crippen molar-refractivity contribution in [2.24, 2.45) is 0 Å². The molecular formula is C19H21NO4. The van der Waals surface area contributed by atoms with Crippen LogP contribution >= 0.6 is 0 Å². The van der Waals surface area contributed by atoms with Gasteiger partial charge in [0.25, 0.3) is 0 Å². The van der Waals surface area contributed by atoms with Crippen LogP contribution in [-0.4, -0.2) is 25.4 Å². The summed E-state index contributed by atoms with van der Waals surface area (Å²) in [6.45, 7) is 1.94. The average Bonchev–Trinajstić information content (AvgIpc) is 2.59. The second-order valence-electron chi connectivity index (χ2n) is 5.28. The molecule has 0 aliphatic rings. The molecule has 0 heterocycles. The molecule has 126 valence electrons. The Labute approximate surface area is 141 Å². The number of hydrogen-bond donors (Lipinski definition) is 1. The van der Waals surface area contributed by atoms with E-state index in [0.717, 1.165) is 5.75 Å². The highest BCUT2D eigenvalue weighted by Gasteiger charge is 2.10. The predicted octanol–water partition coefficient (Wildman–Crippen LogP) is 3.70. The lowest BCUT2D eigenvalue weighted by atomic mass is 10.1. The van der Waals surface area contributed by atoms with E-state index in [9.17, 15) is 9.59 Å². The molecule has 2 aromatic rings. The molecule has 0 saturated heterocycles. The van der Waals surface area contributed by atoms with Gasteiger partial charge in [-0.05, 0) is 43.7 Å². The van der Waals surface area contributed by atoms with Gasteiger partial charge in [-0.25, -0.2) is 0 Å². The van der Waals surface area contributed by atoms with E-state index >= 15 is 0 Å². The van der Waals surface area contributed by atoms with E-state index < -0.39 is 0 Å². The number of para-hydroxylation sites is 1. The third-order valence-corrected chi connectivity index (χ3v) is 3.44. The highest BCUT2D eigenvalue weighted by atomic mass is 16.5. The van der Waals surface area contributed by atoms with E-state index in [2.05, 4.69) is 5.32 Å². The normalized spacial score (nSPS) is 10.1. The number of ether oxygens (including phenoxy) is 2. The molecule has 1 amide bonds. The van der Waals surface area contributed by atoms with E-state index in [1.807, 2.05) is 30.3 Å². The fourth-order valence-corrected chi connectivity index (χ4v) is 2.18. The molecule has 2 aromatic carbocycles. The summed E-state index contributed by atoms with van der Waals surface area (Å²) in [5.41, 5.74) is 1.03. The van der Waals surface area contributed by atoms with Gasteiger partial charge in [0.2, 0.25) is 5.91 Å². The van der Waals surface area contributed by atoms with Crippen LogP contribution in [0.5, 0.6) is 11.5 Å². The molecule has 5 nitrogen and oxygen atoms in total. The van der Waals surface area contributed by atoms with Crippen LogP contribution in [0.2, 0.25) is 0 Å². The summed E-state index contributed by atoms with van der Waals surface area (Å²) in [5, 5.41) is 2.78. The van der Waals surface area contributed by atoms with Gasteiger partial charge in [0.1, 0.15) is 11.5 Å². The summed E-state index contributed by atoms with van der Waals surface area (Å²) in [6, 6.07) is 14.4. The number of carbonyl (C=O) groups is 2. The predicted molar refractivity (Wildman–Crippen MR) is 92.8 cm³/mol. The van der Waals surface area contributed by atoms with Crippen molar-refractivity contribution >= 4 is 17.4 Å². The summed E-state index contributed by atoms with van der Waals surface area (Å²) in [5.74, 6) is 1.10. The number of benzene rings is 2. The van der Waals surface area contributed by atoms with E-state index in [1.165, 1.54) is 14.0 Å². The minimum absolute atomic E-state index is 0.0654. The second kappa shape index (κ2) is 8.72. The van der Waals surface area contributed by atoms with Crippen molar-refractivity contribution in [1.82, 2.24) is 0 Å². The molecule has 0 bridgehead atoms. The zero-order valence-electron chi connectivity index (χ0n) is 13.9. The third kappa shape index (κ3) is 5.12. The van der Waals surface area contributed by atoms with Gasteiger partial charge < -0.3 is 14.8 Å². The van der Waals surface area contributed by atoms with Gasteiger partial charge in [-0.3, -0.25) is 9.59 Å². The SMILES string of the molecule is COc1ccc(C(C)=O)cc1NC(=O)CCCOc1ccccc1. The number of methoxy groups -OCH3 is 1. The lowest BCUT2D eigenvalue weighted by Gasteiger charge is -2.11. The summed E-state index contributed by atoms with van der Waals surface area (Å²) in [6.07, 6.45) is 0.912. The van der Waals surface area contributed by atoms with Crippen molar-refractivity contribution in [3.63, 3.8) is 0 Å². The van der Waals surface area contributed by atoms with Crippen molar-refractivity contribution in [1.29, 1.82) is 0 Å². The Morgan fingerprint density at radius 2 is 1.83 bits per heavy atom. The molecule has 0 saturated carbocycles. The van der Waals surface area contributed by atoms with Gasteiger partial charge in [0, 0.05) is 12.0 Å². The standard InChI is InChI=1S/C19H21NO4/c1-14(21)15-10-11-18(23-2)17(13-15)20-19(22)9-6-12-24-16-7-4-3-5-8-16/h3-5,7-8,10-11,13H,6,9,12H2,1-2H3,(H,20,22). The van der Waals surface area contributed by atoms with E-state index in [0.29, 0.717) is 36.4 Å². The number of carbonyl (C=O) groups excluding carboxylic acids is 2. The molecule has 1 N–H and O–H groups in total. The van der Waals surface area contributed by atoms with Crippen LogP contribution in [0.15, 0.2) is 48.5 Å². The monoisotopic (exact) mass is 327 g/mol. The topological polar surface area (TPSA) is 64.6 Å². The number of nitrogens with one attached hydrogen (secondary N) is 1. The van der Waals surface area contributed by atoms with Crippen molar-refractivity contribution in [2.75, 3.05) is 19.0 Å². The van der Waals surface area contributed by atoms with Crippen molar-refractivity contribution in [2.45, 2.75) is 19.8 Å². The first-order chi connectivity index (χ1) is 11.6. The number of rotatable bonds is 8. The first-order valence-electron chi connectivity index (χ1n) is 7.77. The Morgan fingerprint density at radius 3 is 2.50 bits per heavy atom. The maximum atomic E-state index is 12.1. The fraction of sp³-hybridized carbons (Fsp3) is 0.263. The Morgan fingerprint density at radius 1 is 1.08 bits per heavy atom. The Hall–Kier alpha value is -2.82. The lowest BCUT2D eigenvalue weighted by molar-refractivity contribution is -0.116. The van der Waals surface area contributed by atoms with Gasteiger partial charge in [0.05, 0.1) is 19.4 Å². The molecule has 0 unspecified atom stereocenters. The molecule has 0 aromatic heterocycles. The van der Waals surface area contributed by atoms with E-state index in [-0.39, 0.29) is 11.7 Å². The number of ketones is 1. The zero-order chi connectivity index (χ0) is 17.4. The molecule has 0 aliphatic carbocycles. The molecule has 0 aliphatic heterocycles. The molecule has 2 rings (SSSR count). The van der Waals surface area contributed by atoms with Gasteiger partial charge in [-0.15, -0.1) is 0 Å². The van der Waals surface area contributed by atoms with Gasteiger partial charge >= 0.3 is 0 Å². The highest BCUT2D eigenvalue weighted by Crippen LogP contribution is 2.26. The molecule has 0 fully saturated rings. The van der Waals surface area contributed by atoms with E-state index in [1.54, 1.807) is 18.2 Å². The largest absolute Gasteiger partial charge is 0.495 e. The second-order valence-corrected chi connectivity index (χ2v) is 5.28. The Kier molecular flexibility index (Phi) is 6.37. The van der Waals surface area contributed by atoms with Crippen LogP contribution in [-0.2, 0) is 4.79 Å². The van der Waals surface area contributed by atoms with Crippen LogP contribution in [0.25, 0.3) is 0 Å². The van der Waals surface area contributed by atoms with Crippen LogP contribution < -0.4 is 14.8 Å². The van der Waals surface area contributed by atoms with Crippen LogP contribution in [0.1, 0.15) is 30.1 Å². The molecule has 24 heavy (non-hydrogen) atoms. The van der Waals surface area contributed by atoms with Crippen LogP contribution in [0.3, 0.4) is 0 Å². The van der Waals surface area contributed by atoms with Crippen LogP contribution in [0.4, 0.5) is 5.69 Å². The van der Waals surface area contributed by atoms with Gasteiger partial charge in [0.15, 0.2) is 5.78 Å². The van der Waals surface area contributed by atoms with Crippen molar-refractivity contribution < 1.29 is 19.1 Å². The third-order valence-electron chi connectivity index (χ3n) is 3.44. The fourth-order valence-electron chi connectivity index (χ4n) is 2.18. The summed E-state index contributed by atoms with van der Waals surface area (Å²) in [7, 11) is 1.52. The van der Waals surface area contributed by atoms with Crippen LogP contribution in [0, 0.1) is 0 Å². The lowest BCUT2D eigenvalue weighted by Crippen LogP contribution is -2.14. The first-order valence-corrected chi connectivity index (χ1v) is 7.77. The zero-order valence-corrected chi connectivity index (χ0v) is 13.9. The highest BCUT2D eigenvalue weighted by molar-refractivity contribution is 5.98. The molecular weight excluding hydrogens is 306 g/mol. The first kappa shape index (κ1) is 17.5. The molecule has 0 spiro atoms. The summed E-state index contributed by atoms with van der Waals surface area (Å²) in [4.78, 5) is 23.5. The summed E-state index contributed by atoms with van der Waals surface area (Å²) >= 11 is 0. The Bertz CT molecular complexity index is 698. The summed E-state index contributed by atoms with van der Waals surface area (Å²) < 4.78 is 10.8. The minimum Gasteiger partial charge on any atom is -0.495 e. The Balaban J connectivity index is 1.85. The van der Waals surface area contributed by atoms with Gasteiger partial charge in [-0.2, -0.15) is 0 Å². The molecule has 0 radical (unpaired) electrons. The smallest absolute Gasteiger partial charge is 0.224 e. The average molecular weight is 327 g/mol. The quantitative estimate of drug-likeness (QED) is 0.593. The molecule has 0 atom stereocenters. The number of Topliss-reactive ketones (excluding diaryl/α,β-unsaturated/α-hetero) is 1. The van der Waals surface area contributed by atoms with Gasteiger partial charge in [-0.1, -0.05) is 18.2 Å². The number of anilines is 1. The van der Waals surface area contributed by atoms with E-state index in [4.69, 9.17) is 9.47 Å². The number of amides is 1. The maximum Gasteiger partial charge on any atom is 0.224 e.